The minimum Gasteiger partial charge on any atom is -0.503 e. The number of carbonyl (C=O) groups is 1. The third-order valence-electron chi connectivity index (χ3n) is 5.44. The van der Waals surface area contributed by atoms with Crippen molar-refractivity contribution in [2.24, 2.45) is 0 Å². The van der Waals surface area contributed by atoms with Crippen molar-refractivity contribution in [1.82, 2.24) is 5.32 Å². The van der Waals surface area contributed by atoms with E-state index in [-0.39, 0.29) is 12.4 Å². The molecule has 1 saturated carbocycles. The van der Waals surface area contributed by atoms with Crippen molar-refractivity contribution in [3.8, 4) is 0 Å². The largest absolute Gasteiger partial charge is 0.503 e. The van der Waals surface area contributed by atoms with Gasteiger partial charge in [-0.2, -0.15) is 0 Å². The molecular weight excluding hydrogens is 354 g/mol. The third kappa shape index (κ3) is 8.36. The molecule has 0 aromatic carbocycles. The first kappa shape index (κ1) is 24.7. The first-order valence-corrected chi connectivity index (χ1v) is 11.2. The zero-order valence-electron chi connectivity index (χ0n) is 18.0. The molecule has 5 heteroatoms. The molecule has 28 heavy (non-hydrogen) atoms. The number of nitrogens with one attached hydrogen (secondary N) is 1. The Hall–Kier alpha value is -1.33. The summed E-state index contributed by atoms with van der Waals surface area (Å²) >= 11 is 0. The predicted molar refractivity (Wildman–Crippen MR) is 114 cm³/mol. The lowest BCUT2D eigenvalue weighted by molar-refractivity contribution is -0.119. The van der Waals surface area contributed by atoms with E-state index in [4.69, 9.17) is 9.84 Å². The summed E-state index contributed by atoms with van der Waals surface area (Å²) in [6.07, 6.45) is 15.9. The van der Waals surface area contributed by atoms with Crippen LogP contribution in [-0.2, 0) is 9.53 Å². The zero-order valence-corrected chi connectivity index (χ0v) is 18.0. The van der Waals surface area contributed by atoms with Gasteiger partial charge in [0, 0.05) is 25.0 Å². The number of ether oxygens (including phenoxy) is 1. The summed E-state index contributed by atoms with van der Waals surface area (Å²) in [7, 11) is 0. The molecule has 0 unspecified atom stereocenters. The van der Waals surface area contributed by atoms with Gasteiger partial charge >= 0.3 is 0 Å². The average Bonchev–Trinajstić information content (AvgIpc) is 3.18. The minimum absolute atomic E-state index is 0.154. The van der Waals surface area contributed by atoms with Gasteiger partial charge in [-0.25, -0.2) is 0 Å². The van der Waals surface area contributed by atoms with Crippen LogP contribution in [-0.4, -0.2) is 34.9 Å². The van der Waals surface area contributed by atoms with Crippen molar-refractivity contribution >= 4 is 5.91 Å². The first-order chi connectivity index (χ1) is 13.6. The molecule has 1 aliphatic rings. The number of unbranched alkanes of at least 4 members (excludes halogenated alkanes) is 5. The summed E-state index contributed by atoms with van der Waals surface area (Å²) in [5, 5.41) is 22.2. The van der Waals surface area contributed by atoms with Crippen LogP contribution in [0, 0.1) is 0 Å². The first-order valence-electron chi connectivity index (χ1n) is 11.2. The Balaban J connectivity index is 2.72. The topological polar surface area (TPSA) is 78.8 Å². The second-order valence-electron chi connectivity index (χ2n) is 7.78. The van der Waals surface area contributed by atoms with Crippen LogP contribution in [0.25, 0.3) is 0 Å². The smallest absolute Gasteiger partial charge is 0.290 e. The molecule has 0 bridgehead atoms. The van der Waals surface area contributed by atoms with Gasteiger partial charge in [-0.05, 0) is 51.4 Å². The summed E-state index contributed by atoms with van der Waals surface area (Å²) < 4.78 is 6.23. The van der Waals surface area contributed by atoms with Gasteiger partial charge in [0.2, 0.25) is 0 Å². The van der Waals surface area contributed by atoms with E-state index < -0.39 is 11.5 Å². The molecule has 1 aliphatic carbocycles. The van der Waals surface area contributed by atoms with Gasteiger partial charge in [0.25, 0.3) is 5.91 Å². The Morgan fingerprint density at radius 1 is 1.07 bits per heavy atom. The number of hydrogen-bond donors (Lipinski definition) is 3. The molecule has 0 aromatic heterocycles. The Kier molecular flexibility index (Phi) is 12.9. The number of rotatable bonds is 15. The minimum atomic E-state index is -0.469. The van der Waals surface area contributed by atoms with Gasteiger partial charge in [-0.3, -0.25) is 4.79 Å². The highest BCUT2D eigenvalue weighted by molar-refractivity contribution is 5.92. The monoisotopic (exact) mass is 395 g/mol. The summed E-state index contributed by atoms with van der Waals surface area (Å²) in [4.78, 5) is 12.5. The molecular formula is C23H41NO4. The van der Waals surface area contributed by atoms with Crippen LogP contribution in [0.15, 0.2) is 23.6 Å². The lowest BCUT2D eigenvalue weighted by atomic mass is 9.86. The van der Waals surface area contributed by atoms with E-state index in [0.29, 0.717) is 13.0 Å². The molecule has 3 N–H and O–H groups in total. The van der Waals surface area contributed by atoms with Crippen LogP contribution in [0.3, 0.4) is 0 Å². The second kappa shape index (κ2) is 14.6. The average molecular weight is 396 g/mol. The highest BCUT2D eigenvalue weighted by Crippen LogP contribution is 2.42. The quantitative estimate of drug-likeness (QED) is 0.200. The number of aliphatic hydroxyl groups excluding tert-OH is 2. The predicted octanol–water partition coefficient (Wildman–Crippen LogP) is 5.30. The number of aliphatic hydroxyl groups is 2. The maximum absolute atomic E-state index is 12.5. The fourth-order valence-electron chi connectivity index (χ4n) is 3.84. The molecule has 162 valence electrons. The van der Waals surface area contributed by atoms with E-state index in [0.717, 1.165) is 82.6 Å². The van der Waals surface area contributed by atoms with E-state index in [1.165, 1.54) is 0 Å². The molecule has 1 rings (SSSR count). The zero-order chi connectivity index (χ0) is 20.7. The molecule has 0 saturated heterocycles. The highest BCUT2D eigenvalue weighted by atomic mass is 16.5. The van der Waals surface area contributed by atoms with Crippen LogP contribution in [0.1, 0.15) is 97.3 Å². The third-order valence-corrected chi connectivity index (χ3v) is 5.44. The molecule has 0 heterocycles. The van der Waals surface area contributed by atoms with Gasteiger partial charge < -0.3 is 20.3 Å². The van der Waals surface area contributed by atoms with Gasteiger partial charge in [-0.15, -0.1) is 0 Å². The molecule has 5 nitrogen and oxygen atoms in total. The summed E-state index contributed by atoms with van der Waals surface area (Å²) in [5.41, 5.74) is 0.318. The van der Waals surface area contributed by atoms with Crippen LogP contribution in [0.4, 0.5) is 0 Å². The second-order valence-corrected chi connectivity index (χ2v) is 7.78. The van der Waals surface area contributed by atoms with E-state index in [2.05, 4.69) is 19.2 Å². The molecule has 0 spiro atoms. The van der Waals surface area contributed by atoms with Crippen LogP contribution in [0.5, 0.6) is 0 Å². The molecule has 0 aromatic rings. The fraction of sp³-hybridized carbons (Fsp3) is 0.783. The lowest BCUT2D eigenvalue weighted by Gasteiger charge is -2.33. The van der Waals surface area contributed by atoms with Crippen LogP contribution in [0.2, 0.25) is 0 Å². The maximum atomic E-state index is 12.5. The molecule has 0 aliphatic heterocycles. The maximum Gasteiger partial charge on any atom is 0.290 e. The lowest BCUT2D eigenvalue weighted by Crippen LogP contribution is -2.35. The van der Waals surface area contributed by atoms with E-state index >= 15 is 0 Å². The van der Waals surface area contributed by atoms with Gasteiger partial charge in [-0.1, -0.05) is 52.0 Å². The Labute approximate surface area is 171 Å². The van der Waals surface area contributed by atoms with Crippen molar-refractivity contribution in [2.75, 3.05) is 13.2 Å². The standard InChI is InChI=1S/C23H41NO4/c1-3-5-14-20(23(28-19-4-2)15-10-11-16-23)21(26)22(27)24-17-12-8-6-7-9-13-18-25/h12,17,25-26H,3-11,13-16,18-19H2,1-2H3,(H,24,27)/b17-12+,21-20?. The number of amides is 1. The normalized spacial score (nSPS) is 17.1. The van der Waals surface area contributed by atoms with Gasteiger partial charge in [0.1, 0.15) is 0 Å². The van der Waals surface area contributed by atoms with Crippen molar-refractivity contribution in [3.05, 3.63) is 23.6 Å². The number of hydrogen-bond acceptors (Lipinski definition) is 4. The summed E-state index contributed by atoms with van der Waals surface area (Å²) in [6, 6.07) is 0. The molecule has 0 radical (unpaired) electrons. The van der Waals surface area contributed by atoms with Gasteiger partial charge in [0.05, 0.1) is 5.60 Å². The Bertz CT molecular complexity index is 493. The van der Waals surface area contributed by atoms with Crippen LogP contribution < -0.4 is 5.32 Å². The summed E-state index contributed by atoms with van der Waals surface area (Å²) in [5.74, 6) is -0.590. The number of carbonyl (C=O) groups excluding carboxylic acids is 1. The molecule has 1 amide bonds. The van der Waals surface area contributed by atoms with Crippen LogP contribution >= 0.6 is 0 Å². The van der Waals surface area contributed by atoms with E-state index in [9.17, 15) is 9.90 Å². The van der Waals surface area contributed by atoms with E-state index in [1.807, 2.05) is 6.08 Å². The SMILES string of the molecule is CCCCC(=C(O)C(=O)N/C=C/CCCCCCO)C1(OCCC)CCCC1. The van der Waals surface area contributed by atoms with Crippen molar-refractivity contribution in [1.29, 1.82) is 0 Å². The molecule has 1 fully saturated rings. The van der Waals surface area contributed by atoms with Crippen molar-refractivity contribution in [2.45, 2.75) is 103 Å². The molecule has 0 atom stereocenters. The fourth-order valence-corrected chi connectivity index (χ4v) is 3.84. The van der Waals surface area contributed by atoms with Crippen molar-refractivity contribution in [3.63, 3.8) is 0 Å². The Morgan fingerprint density at radius 3 is 2.43 bits per heavy atom. The van der Waals surface area contributed by atoms with E-state index in [1.54, 1.807) is 6.20 Å². The highest BCUT2D eigenvalue weighted by Gasteiger charge is 2.40. The number of allylic oxidation sites excluding steroid dienone is 1. The Morgan fingerprint density at radius 2 is 1.79 bits per heavy atom. The van der Waals surface area contributed by atoms with Gasteiger partial charge in [0.15, 0.2) is 5.76 Å². The van der Waals surface area contributed by atoms with Crippen molar-refractivity contribution < 1.29 is 19.7 Å². The summed E-state index contributed by atoms with van der Waals surface area (Å²) in [6.45, 7) is 5.10.